The zero-order chi connectivity index (χ0) is 13.0. The highest BCUT2D eigenvalue weighted by Crippen LogP contribution is 2.25. The van der Waals surface area contributed by atoms with Crippen molar-refractivity contribution in [3.8, 4) is 0 Å². The van der Waals surface area contributed by atoms with Crippen molar-refractivity contribution in [2.24, 2.45) is 0 Å². The average Bonchev–Trinajstić information content (AvgIpc) is 2.70. The Kier molecular flexibility index (Phi) is 4.85. The minimum absolute atomic E-state index is 0.0302. The Morgan fingerprint density at radius 1 is 1.18 bits per heavy atom. The number of hydrogen-bond donors (Lipinski definition) is 1. The first-order valence-electron chi connectivity index (χ1n) is 6.46. The average molecular weight is 240 g/mol. The van der Waals surface area contributed by atoms with Crippen LogP contribution < -0.4 is 0 Å². The highest BCUT2D eigenvalue weighted by molar-refractivity contribution is 5.67. The van der Waals surface area contributed by atoms with Crippen LogP contribution >= 0.6 is 0 Å². The second-order valence-electron chi connectivity index (χ2n) is 4.79. The molecule has 0 aromatic heterocycles. The van der Waals surface area contributed by atoms with Crippen molar-refractivity contribution in [2.45, 2.75) is 65.2 Å². The van der Waals surface area contributed by atoms with Gasteiger partial charge in [-0.05, 0) is 26.7 Å². The normalized spacial score (nSPS) is 22.9. The molecular formula is C13H24N2O2. The summed E-state index contributed by atoms with van der Waals surface area (Å²) in [7, 11) is 0. The fourth-order valence-electron chi connectivity index (χ4n) is 2.18. The summed E-state index contributed by atoms with van der Waals surface area (Å²) >= 11 is 0. The van der Waals surface area contributed by atoms with Crippen LogP contribution in [0.5, 0.6) is 0 Å². The maximum atomic E-state index is 11.0. The van der Waals surface area contributed by atoms with Crippen LogP contribution in [0.4, 0.5) is 0 Å². The number of carbonyl (C=O) groups is 1. The molecule has 0 bridgehead atoms. The molecule has 1 rings (SSSR count). The van der Waals surface area contributed by atoms with Gasteiger partial charge in [0.15, 0.2) is 0 Å². The molecule has 0 fully saturated rings. The third kappa shape index (κ3) is 3.14. The van der Waals surface area contributed by atoms with Gasteiger partial charge in [0, 0.05) is 24.5 Å². The SMILES string of the molecule is CCC(C)N1C=CN(C(C)CC)C1CC(=O)O. The van der Waals surface area contributed by atoms with Gasteiger partial charge in [-0.1, -0.05) is 13.8 Å². The summed E-state index contributed by atoms with van der Waals surface area (Å²) in [6, 6.07) is 0.759. The Bertz CT molecular complexity index is 271. The van der Waals surface area contributed by atoms with E-state index in [4.69, 9.17) is 5.11 Å². The van der Waals surface area contributed by atoms with Crippen LogP contribution in [-0.4, -0.2) is 39.1 Å². The highest BCUT2D eigenvalue weighted by Gasteiger charge is 2.32. The van der Waals surface area contributed by atoms with E-state index in [0.717, 1.165) is 12.8 Å². The summed E-state index contributed by atoms with van der Waals surface area (Å²) < 4.78 is 0. The number of carboxylic acids is 1. The predicted molar refractivity (Wildman–Crippen MR) is 68.4 cm³/mol. The van der Waals surface area contributed by atoms with Gasteiger partial charge < -0.3 is 14.9 Å². The van der Waals surface area contributed by atoms with Crippen molar-refractivity contribution >= 4 is 5.97 Å². The third-order valence-electron chi connectivity index (χ3n) is 3.66. The van der Waals surface area contributed by atoms with Crippen LogP contribution in [0.1, 0.15) is 47.0 Å². The fraction of sp³-hybridized carbons (Fsp3) is 0.769. The Hall–Kier alpha value is -1.19. The molecule has 2 unspecified atom stereocenters. The van der Waals surface area contributed by atoms with Crippen molar-refractivity contribution in [1.29, 1.82) is 0 Å². The van der Waals surface area contributed by atoms with E-state index in [2.05, 4.69) is 37.5 Å². The lowest BCUT2D eigenvalue weighted by Crippen LogP contribution is -2.46. The van der Waals surface area contributed by atoms with E-state index in [1.54, 1.807) is 0 Å². The van der Waals surface area contributed by atoms with Crippen LogP contribution in [0.3, 0.4) is 0 Å². The maximum absolute atomic E-state index is 11.0. The van der Waals surface area contributed by atoms with Gasteiger partial charge in [-0.25, -0.2) is 0 Å². The maximum Gasteiger partial charge on any atom is 0.307 e. The summed E-state index contributed by atoms with van der Waals surface area (Å²) in [5, 5.41) is 9.04. The molecule has 1 N–H and O–H groups in total. The van der Waals surface area contributed by atoms with Gasteiger partial charge in [-0.3, -0.25) is 4.79 Å². The van der Waals surface area contributed by atoms with Gasteiger partial charge in [0.25, 0.3) is 0 Å². The standard InChI is InChI=1S/C13H24N2O2/c1-5-10(3)14-7-8-15(11(4)6-2)12(14)9-13(16)17/h7-8,10-12H,5-6,9H2,1-4H3,(H,16,17). The first-order valence-corrected chi connectivity index (χ1v) is 6.46. The molecule has 17 heavy (non-hydrogen) atoms. The monoisotopic (exact) mass is 240 g/mol. The molecule has 1 aliphatic rings. The molecule has 0 radical (unpaired) electrons. The van der Waals surface area contributed by atoms with E-state index in [1.165, 1.54) is 0 Å². The Morgan fingerprint density at radius 2 is 1.59 bits per heavy atom. The molecule has 0 aromatic rings. The summed E-state index contributed by atoms with van der Waals surface area (Å²) in [5.74, 6) is -0.736. The predicted octanol–water partition coefficient (Wildman–Crippen LogP) is 2.47. The number of rotatable bonds is 6. The molecule has 0 saturated heterocycles. The van der Waals surface area contributed by atoms with Crippen molar-refractivity contribution in [2.75, 3.05) is 0 Å². The number of aliphatic carboxylic acids is 1. The minimum atomic E-state index is -0.736. The lowest BCUT2D eigenvalue weighted by atomic mass is 10.1. The van der Waals surface area contributed by atoms with Crippen LogP contribution in [0.15, 0.2) is 12.4 Å². The van der Waals surface area contributed by atoms with E-state index in [9.17, 15) is 4.79 Å². The fourth-order valence-corrected chi connectivity index (χ4v) is 2.18. The van der Waals surface area contributed by atoms with Crippen molar-refractivity contribution in [1.82, 2.24) is 9.80 Å². The minimum Gasteiger partial charge on any atom is -0.481 e. The quantitative estimate of drug-likeness (QED) is 0.774. The molecule has 4 heteroatoms. The lowest BCUT2D eigenvalue weighted by molar-refractivity contribution is -0.139. The highest BCUT2D eigenvalue weighted by atomic mass is 16.4. The van der Waals surface area contributed by atoms with E-state index in [1.807, 2.05) is 12.4 Å². The second kappa shape index (κ2) is 5.94. The first kappa shape index (κ1) is 13.9. The summed E-state index contributed by atoms with van der Waals surface area (Å²) in [6.45, 7) is 8.53. The lowest BCUT2D eigenvalue weighted by Gasteiger charge is -2.38. The van der Waals surface area contributed by atoms with Gasteiger partial charge >= 0.3 is 5.97 Å². The van der Waals surface area contributed by atoms with Crippen molar-refractivity contribution < 1.29 is 9.90 Å². The van der Waals surface area contributed by atoms with E-state index in [-0.39, 0.29) is 12.6 Å². The summed E-state index contributed by atoms with van der Waals surface area (Å²) in [4.78, 5) is 15.3. The van der Waals surface area contributed by atoms with Crippen LogP contribution in [-0.2, 0) is 4.79 Å². The van der Waals surface area contributed by atoms with Crippen LogP contribution in [0.2, 0.25) is 0 Å². The van der Waals surface area contributed by atoms with Crippen LogP contribution in [0, 0.1) is 0 Å². The summed E-state index contributed by atoms with van der Waals surface area (Å²) in [6.07, 6.45) is 6.25. The third-order valence-corrected chi connectivity index (χ3v) is 3.66. The molecule has 0 spiro atoms. The molecule has 0 saturated carbocycles. The molecule has 98 valence electrons. The van der Waals surface area contributed by atoms with Gasteiger partial charge in [-0.2, -0.15) is 0 Å². The molecule has 4 nitrogen and oxygen atoms in total. The number of carboxylic acid groups (broad SMARTS) is 1. The van der Waals surface area contributed by atoms with Gasteiger partial charge in [0.1, 0.15) is 6.17 Å². The Morgan fingerprint density at radius 3 is 1.88 bits per heavy atom. The Balaban J connectivity index is 2.81. The molecular weight excluding hydrogens is 216 g/mol. The number of hydrogen-bond acceptors (Lipinski definition) is 3. The van der Waals surface area contributed by atoms with Crippen molar-refractivity contribution in [3.05, 3.63) is 12.4 Å². The molecule has 1 aliphatic heterocycles. The smallest absolute Gasteiger partial charge is 0.307 e. The second-order valence-corrected chi connectivity index (χ2v) is 4.79. The van der Waals surface area contributed by atoms with Gasteiger partial charge in [-0.15, -0.1) is 0 Å². The first-order chi connectivity index (χ1) is 8.01. The van der Waals surface area contributed by atoms with E-state index < -0.39 is 5.97 Å². The van der Waals surface area contributed by atoms with Gasteiger partial charge in [0.2, 0.25) is 0 Å². The zero-order valence-corrected chi connectivity index (χ0v) is 11.3. The van der Waals surface area contributed by atoms with E-state index >= 15 is 0 Å². The topological polar surface area (TPSA) is 43.8 Å². The summed E-state index contributed by atoms with van der Waals surface area (Å²) in [5.41, 5.74) is 0. The van der Waals surface area contributed by atoms with Gasteiger partial charge in [0.05, 0.1) is 6.42 Å². The Labute approximate surface area is 104 Å². The zero-order valence-electron chi connectivity index (χ0n) is 11.3. The molecule has 0 amide bonds. The van der Waals surface area contributed by atoms with Crippen molar-refractivity contribution in [3.63, 3.8) is 0 Å². The van der Waals surface area contributed by atoms with Crippen LogP contribution in [0.25, 0.3) is 0 Å². The molecule has 0 aliphatic carbocycles. The molecule has 0 aromatic carbocycles. The molecule has 1 heterocycles. The molecule has 2 atom stereocenters. The van der Waals surface area contributed by atoms with E-state index in [0.29, 0.717) is 12.1 Å². The number of nitrogens with zero attached hydrogens (tertiary/aromatic N) is 2. The largest absolute Gasteiger partial charge is 0.481 e.